The van der Waals surface area contributed by atoms with Gasteiger partial charge in [0.25, 0.3) is 0 Å². The Bertz CT molecular complexity index is 480. The van der Waals surface area contributed by atoms with Crippen molar-refractivity contribution in [1.29, 1.82) is 0 Å². The van der Waals surface area contributed by atoms with Crippen molar-refractivity contribution in [2.45, 2.75) is 64.7 Å². The minimum atomic E-state index is -0.706. The van der Waals surface area contributed by atoms with Crippen LogP contribution in [0.1, 0.15) is 63.9 Å². The molecule has 122 valence electrons. The molecule has 0 aliphatic heterocycles. The van der Waals surface area contributed by atoms with E-state index in [4.69, 9.17) is 0 Å². The molecule has 1 aromatic rings. The number of hydrogen-bond acceptors (Lipinski definition) is 0. The smallest absolute Gasteiger partial charge is 0.162 e. The molecule has 0 unspecified atom stereocenters. The normalized spacial score (nSPS) is 32.9. The second kappa shape index (κ2) is 7.10. The molecule has 2 heteroatoms. The van der Waals surface area contributed by atoms with Gasteiger partial charge in [0.1, 0.15) is 0 Å². The number of hydrogen-bond donors (Lipinski definition) is 0. The van der Waals surface area contributed by atoms with E-state index in [1.54, 1.807) is 12.1 Å². The first-order valence-electron chi connectivity index (χ1n) is 9.06. The summed E-state index contributed by atoms with van der Waals surface area (Å²) >= 11 is 0. The maximum atomic E-state index is 13.8. The molecule has 0 N–H and O–H groups in total. The van der Waals surface area contributed by atoms with Gasteiger partial charge in [0.05, 0.1) is 0 Å². The molecule has 0 aromatic heterocycles. The quantitative estimate of drug-likeness (QED) is 0.629. The molecular formula is C20H28F2. The van der Waals surface area contributed by atoms with Crippen LogP contribution in [0.2, 0.25) is 0 Å². The highest BCUT2D eigenvalue weighted by Gasteiger charge is 2.30. The summed E-state index contributed by atoms with van der Waals surface area (Å²) in [5, 5.41) is 0. The van der Waals surface area contributed by atoms with Crippen LogP contribution >= 0.6 is 0 Å². The number of rotatable bonds is 3. The first kappa shape index (κ1) is 16.0. The van der Waals surface area contributed by atoms with E-state index < -0.39 is 11.6 Å². The van der Waals surface area contributed by atoms with Crippen molar-refractivity contribution in [2.24, 2.45) is 23.7 Å². The van der Waals surface area contributed by atoms with Gasteiger partial charge in [0.2, 0.25) is 0 Å². The van der Waals surface area contributed by atoms with Crippen LogP contribution in [0.15, 0.2) is 18.2 Å². The first-order valence-corrected chi connectivity index (χ1v) is 9.06. The predicted molar refractivity (Wildman–Crippen MR) is 86.6 cm³/mol. The lowest BCUT2D eigenvalue weighted by Crippen LogP contribution is -2.26. The molecule has 0 nitrogen and oxygen atoms in total. The summed E-state index contributed by atoms with van der Waals surface area (Å²) < 4.78 is 27.1. The zero-order valence-corrected chi connectivity index (χ0v) is 13.7. The van der Waals surface area contributed by atoms with E-state index in [-0.39, 0.29) is 0 Å². The number of halogens is 2. The van der Waals surface area contributed by atoms with Gasteiger partial charge in [-0.25, -0.2) is 8.78 Å². The second-order valence-electron chi connectivity index (χ2n) is 7.72. The Balaban J connectivity index is 1.50. The molecule has 0 radical (unpaired) electrons. The molecule has 3 rings (SSSR count). The third-order valence-corrected chi connectivity index (χ3v) is 6.16. The summed E-state index contributed by atoms with van der Waals surface area (Å²) in [5.41, 5.74) is 0.565. The van der Waals surface area contributed by atoms with Crippen molar-refractivity contribution >= 4 is 0 Å². The lowest BCUT2D eigenvalue weighted by molar-refractivity contribution is 0.150. The minimum Gasteiger partial charge on any atom is -0.204 e. The van der Waals surface area contributed by atoms with Crippen LogP contribution in [0.5, 0.6) is 0 Å². The van der Waals surface area contributed by atoms with E-state index in [2.05, 4.69) is 6.92 Å². The molecule has 0 atom stereocenters. The summed E-state index contributed by atoms with van der Waals surface area (Å²) in [7, 11) is 0. The van der Waals surface area contributed by atoms with Crippen LogP contribution in [0.3, 0.4) is 0 Å². The average Bonchev–Trinajstić information content (AvgIpc) is 2.53. The van der Waals surface area contributed by atoms with E-state index in [9.17, 15) is 8.78 Å². The maximum Gasteiger partial charge on any atom is 0.162 e. The summed E-state index contributed by atoms with van der Waals surface area (Å²) in [6.07, 6.45) is 11.3. The lowest BCUT2D eigenvalue weighted by atomic mass is 9.69. The molecule has 0 heterocycles. The monoisotopic (exact) mass is 306 g/mol. The Morgan fingerprint density at radius 3 is 2.09 bits per heavy atom. The fourth-order valence-electron chi connectivity index (χ4n) is 4.64. The van der Waals surface area contributed by atoms with Gasteiger partial charge >= 0.3 is 0 Å². The van der Waals surface area contributed by atoms with Crippen molar-refractivity contribution in [1.82, 2.24) is 0 Å². The Labute approximate surface area is 133 Å². The summed E-state index contributed by atoms with van der Waals surface area (Å²) in [4.78, 5) is 0. The van der Waals surface area contributed by atoms with Crippen LogP contribution in [0.4, 0.5) is 8.78 Å². The van der Waals surface area contributed by atoms with Crippen LogP contribution in [-0.2, 0) is 6.42 Å². The Morgan fingerprint density at radius 2 is 1.45 bits per heavy atom. The molecule has 1 aromatic carbocycles. The minimum absolute atomic E-state index is 0.537. The summed E-state index contributed by atoms with van der Waals surface area (Å²) in [6, 6.07) is 4.58. The van der Waals surface area contributed by atoms with Crippen molar-refractivity contribution in [3.8, 4) is 0 Å². The van der Waals surface area contributed by atoms with E-state index in [0.29, 0.717) is 17.9 Å². The van der Waals surface area contributed by atoms with Gasteiger partial charge in [-0.05, 0) is 80.2 Å². The molecule has 2 saturated carbocycles. The molecule has 2 aliphatic carbocycles. The van der Waals surface area contributed by atoms with Crippen molar-refractivity contribution in [3.63, 3.8) is 0 Å². The zero-order chi connectivity index (χ0) is 15.5. The molecule has 2 fully saturated rings. The summed E-state index contributed by atoms with van der Waals surface area (Å²) in [6.45, 7) is 2.38. The first-order chi connectivity index (χ1) is 10.6. The average molecular weight is 306 g/mol. The Kier molecular flexibility index (Phi) is 5.15. The van der Waals surface area contributed by atoms with Crippen LogP contribution in [0.25, 0.3) is 0 Å². The zero-order valence-electron chi connectivity index (χ0n) is 13.7. The SMILES string of the molecule is CC1CCC(C2CCC(Cc3cccc(F)c3F)CC2)CC1. The molecular weight excluding hydrogens is 278 g/mol. The lowest BCUT2D eigenvalue weighted by Gasteiger charge is -2.37. The highest BCUT2D eigenvalue weighted by molar-refractivity contribution is 5.19. The van der Waals surface area contributed by atoms with Gasteiger partial charge in [-0.2, -0.15) is 0 Å². The van der Waals surface area contributed by atoms with E-state index in [0.717, 1.165) is 17.8 Å². The fourth-order valence-corrected chi connectivity index (χ4v) is 4.64. The molecule has 2 aliphatic rings. The molecule has 0 spiro atoms. The van der Waals surface area contributed by atoms with Crippen molar-refractivity contribution < 1.29 is 8.78 Å². The molecule has 22 heavy (non-hydrogen) atoms. The van der Waals surface area contributed by atoms with E-state index in [1.165, 1.54) is 57.4 Å². The third kappa shape index (κ3) is 3.70. The van der Waals surface area contributed by atoms with Gasteiger partial charge < -0.3 is 0 Å². The maximum absolute atomic E-state index is 13.8. The fraction of sp³-hybridized carbons (Fsp3) is 0.700. The topological polar surface area (TPSA) is 0 Å². The van der Waals surface area contributed by atoms with Gasteiger partial charge in [-0.3, -0.25) is 0 Å². The summed E-state index contributed by atoms with van der Waals surface area (Å²) in [5.74, 6) is 1.94. The predicted octanol–water partition coefficient (Wildman–Crippen LogP) is 6.14. The Morgan fingerprint density at radius 1 is 0.864 bits per heavy atom. The van der Waals surface area contributed by atoms with E-state index in [1.807, 2.05) is 0 Å². The van der Waals surface area contributed by atoms with Gasteiger partial charge in [-0.1, -0.05) is 31.9 Å². The molecule has 0 saturated heterocycles. The van der Waals surface area contributed by atoms with Gasteiger partial charge in [0.15, 0.2) is 11.6 Å². The third-order valence-electron chi connectivity index (χ3n) is 6.16. The standard InChI is InChI=1S/C20H28F2/c1-14-5-9-16(10-6-14)17-11-7-15(8-12-17)13-18-3-2-4-19(21)20(18)22/h2-4,14-17H,5-13H2,1H3. The van der Waals surface area contributed by atoms with Crippen molar-refractivity contribution in [2.75, 3.05) is 0 Å². The van der Waals surface area contributed by atoms with Crippen LogP contribution < -0.4 is 0 Å². The highest BCUT2D eigenvalue weighted by atomic mass is 19.2. The number of benzene rings is 1. The highest BCUT2D eigenvalue weighted by Crippen LogP contribution is 2.41. The Hall–Kier alpha value is -0.920. The van der Waals surface area contributed by atoms with Gasteiger partial charge in [-0.15, -0.1) is 0 Å². The van der Waals surface area contributed by atoms with Crippen LogP contribution in [0, 0.1) is 35.3 Å². The second-order valence-corrected chi connectivity index (χ2v) is 7.72. The largest absolute Gasteiger partial charge is 0.204 e. The van der Waals surface area contributed by atoms with E-state index >= 15 is 0 Å². The van der Waals surface area contributed by atoms with Crippen LogP contribution in [-0.4, -0.2) is 0 Å². The molecule has 0 amide bonds. The molecule has 0 bridgehead atoms. The van der Waals surface area contributed by atoms with Gasteiger partial charge in [0, 0.05) is 0 Å². The van der Waals surface area contributed by atoms with Crippen molar-refractivity contribution in [3.05, 3.63) is 35.4 Å².